The molecular formula is C33H32NO5S-. The number of thiazole rings is 1. The molecule has 0 radical (unpaired) electrons. The van der Waals surface area contributed by atoms with E-state index in [0.29, 0.717) is 39.6 Å². The van der Waals surface area contributed by atoms with E-state index >= 15 is 0 Å². The zero-order valence-electron chi connectivity index (χ0n) is 23.0. The average Bonchev–Trinajstić information content (AvgIpc) is 3.36. The molecule has 0 aliphatic carbocycles. The van der Waals surface area contributed by atoms with Crippen molar-refractivity contribution in [1.82, 2.24) is 4.40 Å². The largest absolute Gasteiger partial charge is 0.543 e. The highest BCUT2D eigenvalue weighted by atomic mass is 32.1. The van der Waals surface area contributed by atoms with Crippen LogP contribution in [0.4, 0.5) is 0 Å². The van der Waals surface area contributed by atoms with E-state index in [1.54, 1.807) is 7.11 Å². The number of aryl methyl sites for hydroxylation is 1. The van der Waals surface area contributed by atoms with Gasteiger partial charge >= 0.3 is 0 Å². The molecule has 2 heterocycles. The van der Waals surface area contributed by atoms with Crippen LogP contribution in [0.1, 0.15) is 59.8 Å². The number of fused-ring (bicyclic) bond motifs is 2. The minimum absolute atomic E-state index is 0.173. The molecule has 0 saturated carbocycles. The number of carbonyl (C=O) groups excluding carboxylic acids is 1. The van der Waals surface area contributed by atoms with E-state index in [9.17, 15) is 14.7 Å². The maximum absolute atomic E-state index is 13.4. The summed E-state index contributed by atoms with van der Waals surface area (Å²) in [6, 6.07) is 21.2. The van der Waals surface area contributed by atoms with Gasteiger partial charge in [-0.1, -0.05) is 68.7 Å². The summed E-state index contributed by atoms with van der Waals surface area (Å²) in [6.07, 6.45) is 4.94. The Kier molecular flexibility index (Phi) is 8.21. The summed E-state index contributed by atoms with van der Waals surface area (Å²) in [7, 11) is 1.54. The van der Waals surface area contributed by atoms with Gasteiger partial charge in [-0.2, -0.15) is 0 Å². The topological polar surface area (TPSA) is 80.1 Å². The number of rotatable bonds is 11. The molecule has 0 fully saturated rings. The maximum Gasteiger partial charge on any atom is 0.256 e. The van der Waals surface area contributed by atoms with Crippen LogP contribution in [0.3, 0.4) is 0 Å². The van der Waals surface area contributed by atoms with Crippen molar-refractivity contribution in [2.45, 2.75) is 46.0 Å². The summed E-state index contributed by atoms with van der Waals surface area (Å²) in [4.78, 5) is 26.7. The third-order valence-corrected chi connectivity index (χ3v) is 8.39. The second-order valence-corrected chi connectivity index (χ2v) is 11.0. The Bertz CT molecular complexity index is 1740. The lowest BCUT2D eigenvalue weighted by molar-refractivity contribution is -0.255. The lowest BCUT2D eigenvalue weighted by atomic mass is 9.98. The Labute approximate surface area is 237 Å². The molecule has 0 aliphatic heterocycles. The SMILES string of the molecule is CCCCCCOc1ccc(-c2sc3c(OC)c(Cc4cccc5ccccc45)cc(=O)n3c2C(=O)[O-])cc1C. The van der Waals surface area contributed by atoms with Crippen molar-refractivity contribution < 1.29 is 19.4 Å². The van der Waals surface area contributed by atoms with Gasteiger partial charge in [-0.05, 0) is 59.0 Å². The summed E-state index contributed by atoms with van der Waals surface area (Å²) in [5.41, 5.74) is 2.72. The van der Waals surface area contributed by atoms with Gasteiger partial charge in [0.2, 0.25) is 0 Å². The molecule has 2 aromatic heterocycles. The van der Waals surface area contributed by atoms with Crippen molar-refractivity contribution >= 4 is 32.9 Å². The minimum atomic E-state index is -1.42. The van der Waals surface area contributed by atoms with E-state index in [-0.39, 0.29) is 5.69 Å². The van der Waals surface area contributed by atoms with E-state index in [4.69, 9.17) is 9.47 Å². The van der Waals surface area contributed by atoms with Crippen molar-refractivity contribution in [3.8, 4) is 21.9 Å². The first-order valence-electron chi connectivity index (χ1n) is 13.6. The first kappa shape index (κ1) is 27.5. The molecule has 7 heteroatoms. The van der Waals surface area contributed by atoms with Gasteiger partial charge in [-0.25, -0.2) is 0 Å². The molecule has 0 aliphatic rings. The molecule has 206 valence electrons. The van der Waals surface area contributed by atoms with Gasteiger partial charge in [0.05, 0.1) is 30.3 Å². The number of nitrogens with zero attached hydrogens (tertiary/aromatic N) is 1. The summed E-state index contributed by atoms with van der Waals surface area (Å²) < 4.78 is 13.0. The molecule has 0 amide bonds. The number of aromatic carboxylic acids is 1. The number of carboxylic acids is 1. The van der Waals surface area contributed by atoms with Crippen LogP contribution in [0.25, 0.3) is 26.0 Å². The molecule has 5 rings (SSSR count). The standard InChI is InChI=1S/C33H33NO5S/c1-4-5-6-9-17-39-27-16-15-24(18-21(27)2)31-29(33(36)37)34-28(35)20-25(30(38-3)32(34)40-31)19-23-13-10-12-22-11-7-8-14-26(22)23/h7-8,10-16,18,20H,4-6,9,17,19H2,1-3H3,(H,36,37)/p-1. The number of hydrogen-bond donors (Lipinski definition) is 0. The summed E-state index contributed by atoms with van der Waals surface area (Å²) in [5.74, 6) is -0.167. The number of methoxy groups -OCH3 is 1. The molecule has 0 unspecified atom stereocenters. The quantitative estimate of drug-likeness (QED) is 0.176. The third kappa shape index (κ3) is 5.34. The van der Waals surface area contributed by atoms with Gasteiger partial charge in [0, 0.05) is 18.1 Å². The van der Waals surface area contributed by atoms with E-state index in [0.717, 1.165) is 40.5 Å². The molecule has 0 bridgehead atoms. The fraction of sp³-hybridized carbons (Fsp3) is 0.273. The average molecular weight is 555 g/mol. The summed E-state index contributed by atoms with van der Waals surface area (Å²) in [5, 5.41) is 14.6. The van der Waals surface area contributed by atoms with Gasteiger partial charge in [-0.3, -0.25) is 9.20 Å². The highest BCUT2D eigenvalue weighted by molar-refractivity contribution is 7.21. The van der Waals surface area contributed by atoms with Crippen LogP contribution in [0.2, 0.25) is 0 Å². The van der Waals surface area contributed by atoms with Crippen LogP contribution in [0.15, 0.2) is 71.5 Å². The van der Waals surface area contributed by atoms with Crippen LogP contribution in [-0.4, -0.2) is 24.1 Å². The molecule has 0 N–H and O–H groups in total. The first-order valence-corrected chi connectivity index (χ1v) is 14.4. The van der Waals surface area contributed by atoms with Crippen molar-refractivity contribution in [1.29, 1.82) is 0 Å². The molecule has 0 saturated heterocycles. The highest BCUT2D eigenvalue weighted by Crippen LogP contribution is 2.39. The predicted molar refractivity (Wildman–Crippen MR) is 159 cm³/mol. The Morgan fingerprint density at radius 3 is 2.52 bits per heavy atom. The number of pyridine rings is 1. The van der Waals surface area contributed by atoms with Crippen LogP contribution in [0.5, 0.6) is 11.5 Å². The van der Waals surface area contributed by atoms with Crippen LogP contribution in [0, 0.1) is 6.92 Å². The molecule has 0 spiro atoms. The highest BCUT2D eigenvalue weighted by Gasteiger charge is 2.22. The fourth-order valence-electron chi connectivity index (χ4n) is 5.21. The van der Waals surface area contributed by atoms with E-state index in [1.165, 1.54) is 34.6 Å². The number of carbonyl (C=O) groups is 1. The fourth-order valence-corrected chi connectivity index (χ4v) is 6.50. The molecule has 3 aromatic carbocycles. The summed E-state index contributed by atoms with van der Waals surface area (Å²) in [6.45, 7) is 4.75. The normalized spacial score (nSPS) is 11.3. The second kappa shape index (κ2) is 12.0. The van der Waals surface area contributed by atoms with Crippen LogP contribution >= 0.6 is 11.3 Å². The van der Waals surface area contributed by atoms with Crippen molar-refractivity contribution in [3.05, 3.63) is 99.5 Å². The van der Waals surface area contributed by atoms with Gasteiger partial charge in [-0.15, -0.1) is 11.3 Å². The van der Waals surface area contributed by atoms with Gasteiger partial charge < -0.3 is 19.4 Å². The van der Waals surface area contributed by atoms with Crippen molar-refractivity contribution in [2.24, 2.45) is 0 Å². The second-order valence-electron chi connectivity index (χ2n) is 9.95. The number of hydrogen-bond acceptors (Lipinski definition) is 6. The lowest BCUT2D eigenvalue weighted by Crippen LogP contribution is -2.28. The smallest absolute Gasteiger partial charge is 0.256 e. The molecule has 0 atom stereocenters. The van der Waals surface area contributed by atoms with Gasteiger partial charge in [0.25, 0.3) is 5.56 Å². The Morgan fingerprint density at radius 1 is 0.975 bits per heavy atom. The van der Waals surface area contributed by atoms with Crippen molar-refractivity contribution in [3.63, 3.8) is 0 Å². The van der Waals surface area contributed by atoms with Gasteiger partial charge in [0.1, 0.15) is 10.6 Å². The summed E-state index contributed by atoms with van der Waals surface area (Å²) >= 11 is 1.22. The first-order chi connectivity index (χ1) is 19.4. The third-order valence-electron chi connectivity index (χ3n) is 7.20. The van der Waals surface area contributed by atoms with E-state index in [2.05, 4.69) is 25.1 Å². The number of carboxylic acid groups (broad SMARTS) is 1. The molecule has 6 nitrogen and oxygen atoms in total. The molecule has 5 aromatic rings. The number of benzene rings is 3. The maximum atomic E-state index is 13.4. The zero-order chi connectivity index (χ0) is 28.2. The van der Waals surface area contributed by atoms with E-state index < -0.39 is 11.5 Å². The molecule has 40 heavy (non-hydrogen) atoms. The van der Waals surface area contributed by atoms with E-state index in [1.807, 2.05) is 49.4 Å². The Morgan fingerprint density at radius 2 is 1.77 bits per heavy atom. The Hall–Kier alpha value is -4.10. The number of ether oxygens (including phenoxy) is 2. The number of unbranched alkanes of at least 4 members (excludes halogenated alkanes) is 3. The predicted octanol–water partition coefficient (Wildman–Crippen LogP) is 6.41. The number of aromatic nitrogens is 1. The minimum Gasteiger partial charge on any atom is -0.543 e. The molecular weight excluding hydrogens is 522 g/mol. The zero-order valence-corrected chi connectivity index (χ0v) is 23.8. The van der Waals surface area contributed by atoms with Crippen molar-refractivity contribution in [2.75, 3.05) is 13.7 Å². The lowest BCUT2D eigenvalue weighted by Gasteiger charge is -2.13. The van der Waals surface area contributed by atoms with Gasteiger partial charge in [0.15, 0.2) is 5.75 Å². The van der Waals surface area contributed by atoms with Crippen LogP contribution < -0.4 is 20.1 Å². The Balaban J connectivity index is 1.57. The van der Waals surface area contributed by atoms with Crippen LogP contribution in [-0.2, 0) is 6.42 Å². The monoisotopic (exact) mass is 554 g/mol.